The van der Waals surface area contributed by atoms with Gasteiger partial charge >= 0.3 is 0 Å². The number of amides is 1. The molecule has 1 amide bonds. The number of nitrogens with one attached hydrogen (secondary N) is 2. The lowest BCUT2D eigenvalue weighted by Gasteiger charge is -2.36. The molecule has 0 atom stereocenters. The zero-order chi connectivity index (χ0) is 30.6. The molecule has 2 fully saturated rings. The van der Waals surface area contributed by atoms with Gasteiger partial charge in [-0.1, -0.05) is 30.7 Å². The van der Waals surface area contributed by atoms with Gasteiger partial charge in [0.25, 0.3) is 5.91 Å². The number of para-hydroxylation sites is 1. The van der Waals surface area contributed by atoms with E-state index in [0.717, 1.165) is 25.9 Å². The highest BCUT2D eigenvalue weighted by molar-refractivity contribution is 7.91. The van der Waals surface area contributed by atoms with Gasteiger partial charge in [-0.3, -0.25) is 4.79 Å². The predicted molar refractivity (Wildman–Crippen MR) is 170 cm³/mol. The molecule has 2 saturated heterocycles. The van der Waals surface area contributed by atoms with E-state index in [4.69, 9.17) is 22.1 Å². The number of carbonyl (C=O) groups is 1. The van der Waals surface area contributed by atoms with E-state index in [1.165, 1.54) is 39.1 Å². The quantitative estimate of drug-likeness (QED) is 0.278. The maximum atomic E-state index is 13.3. The number of hydrogen-bond acceptors (Lipinski definition) is 10. The topological polar surface area (TPSA) is 143 Å². The zero-order valence-corrected chi connectivity index (χ0v) is 26.0. The number of aromatic nitrogens is 2. The maximum absolute atomic E-state index is 13.3. The Morgan fingerprint density at radius 1 is 1.05 bits per heavy atom. The third-order valence-electron chi connectivity index (χ3n) is 7.93. The van der Waals surface area contributed by atoms with Crippen molar-refractivity contribution < 1.29 is 17.9 Å². The fourth-order valence-electron chi connectivity index (χ4n) is 5.72. The molecule has 2 aliphatic rings. The summed E-state index contributed by atoms with van der Waals surface area (Å²) in [6, 6.07) is 12.3. The number of nitrogens with zero attached hydrogens (tertiary/aromatic N) is 4. The molecule has 230 valence electrons. The molecule has 13 heteroatoms. The highest BCUT2D eigenvalue weighted by Crippen LogP contribution is 2.34. The Bertz CT molecular complexity index is 1570. The maximum Gasteiger partial charge on any atom is 0.253 e. The lowest BCUT2D eigenvalue weighted by atomic mass is 10.0. The molecule has 0 bridgehead atoms. The monoisotopic (exact) mass is 627 g/mol. The average molecular weight is 628 g/mol. The molecular formula is C30H38ClN7O4S. The first-order valence-electron chi connectivity index (χ1n) is 14.6. The first-order valence-corrected chi connectivity index (χ1v) is 16.6. The van der Waals surface area contributed by atoms with Crippen LogP contribution in [0.4, 0.5) is 29.0 Å². The molecule has 1 aromatic heterocycles. The van der Waals surface area contributed by atoms with Gasteiger partial charge in [-0.05, 0) is 75.5 Å². The number of rotatable bonds is 10. The Kier molecular flexibility index (Phi) is 9.58. The van der Waals surface area contributed by atoms with Crippen molar-refractivity contribution in [1.82, 2.24) is 19.8 Å². The lowest BCUT2D eigenvalue weighted by Crippen LogP contribution is -2.45. The number of methoxy groups -OCH3 is 1. The molecule has 0 unspecified atom stereocenters. The number of halogens is 1. The van der Waals surface area contributed by atoms with Crippen molar-refractivity contribution >= 4 is 56.3 Å². The number of anilines is 5. The second kappa shape index (κ2) is 13.4. The standard InChI is InChI=1S/C30H38ClN7O4S/c1-3-18-43(40,41)25-9-5-4-8-23(25)33-28-26(31)27(32)35-30(36-28)34-22-11-10-20(19-24(22)42-2)29(39)38-16-12-21(13-17-38)37-14-6-7-15-37/h4-5,8-11,19,21H,3,6-7,12-18H2,1-2H3,(H4,32,33,34,35,36). The third-order valence-corrected chi connectivity index (χ3v) is 10.3. The number of likely N-dealkylation sites (tertiary alicyclic amines) is 2. The van der Waals surface area contributed by atoms with E-state index in [-0.39, 0.29) is 39.2 Å². The van der Waals surface area contributed by atoms with Crippen LogP contribution >= 0.6 is 11.6 Å². The molecular weight excluding hydrogens is 590 g/mol. The predicted octanol–water partition coefficient (Wildman–Crippen LogP) is 5.09. The van der Waals surface area contributed by atoms with Crippen LogP contribution in [0.2, 0.25) is 5.02 Å². The van der Waals surface area contributed by atoms with Crippen LogP contribution in [0, 0.1) is 0 Å². The van der Waals surface area contributed by atoms with Crippen LogP contribution in [0.3, 0.4) is 0 Å². The van der Waals surface area contributed by atoms with Crippen molar-refractivity contribution in [2.45, 2.75) is 50.0 Å². The summed E-state index contributed by atoms with van der Waals surface area (Å²) in [7, 11) is -2.00. The number of benzene rings is 2. The van der Waals surface area contributed by atoms with Crippen LogP contribution in [-0.2, 0) is 9.84 Å². The van der Waals surface area contributed by atoms with Crippen LogP contribution < -0.4 is 21.1 Å². The summed E-state index contributed by atoms with van der Waals surface area (Å²) >= 11 is 6.42. The minimum absolute atomic E-state index is 0.00124. The van der Waals surface area contributed by atoms with E-state index < -0.39 is 9.84 Å². The second-order valence-corrected chi connectivity index (χ2v) is 13.3. The van der Waals surface area contributed by atoms with Crippen molar-refractivity contribution in [1.29, 1.82) is 0 Å². The Hall–Kier alpha value is -3.61. The van der Waals surface area contributed by atoms with Crippen LogP contribution in [0.1, 0.15) is 49.4 Å². The van der Waals surface area contributed by atoms with Crippen molar-refractivity contribution in [3.63, 3.8) is 0 Å². The van der Waals surface area contributed by atoms with Gasteiger partial charge in [-0.2, -0.15) is 9.97 Å². The van der Waals surface area contributed by atoms with E-state index in [1.807, 2.05) is 11.8 Å². The summed E-state index contributed by atoms with van der Waals surface area (Å²) < 4.78 is 31.3. The highest BCUT2D eigenvalue weighted by Gasteiger charge is 2.29. The molecule has 0 saturated carbocycles. The van der Waals surface area contributed by atoms with Crippen molar-refractivity contribution in [2.24, 2.45) is 0 Å². The molecule has 11 nitrogen and oxygen atoms in total. The number of carbonyl (C=O) groups excluding carboxylic acids is 1. The van der Waals surface area contributed by atoms with Crippen LogP contribution in [0.15, 0.2) is 47.4 Å². The SMILES string of the molecule is CCCS(=O)(=O)c1ccccc1Nc1nc(Nc2ccc(C(=O)N3CCC(N4CCCC4)CC3)cc2OC)nc(N)c1Cl. The number of nitrogens with two attached hydrogens (primary N) is 1. The van der Waals surface area contributed by atoms with Gasteiger partial charge in [-0.25, -0.2) is 8.42 Å². The van der Waals surface area contributed by atoms with E-state index in [0.29, 0.717) is 35.2 Å². The zero-order valence-electron chi connectivity index (χ0n) is 24.5. The van der Waals surface area contributed by atoms with E-state index in [2.05, 4.69) is 25.5 Å². The third kappa shape index (κ3) is 6.97. The van der Waals surface area contributed by atoms with Crippen LogP contribution in [0.5, 0.6) is 5.75 Å². The van der Waals surface area contributed by atoms with E-state index in [1.54, 1.807) is 36.4 Å². The van der Waals surface area contributed by atoms with Gasteiger partial charge in [0, 0.05) is 24.7 Å². The minimum atomic E-state index is -3.52. The number of ether oxygens (including phenoxy) is 1. The molecule has 0 aliphatic carbocycles. The molecule has 3 heterocycles. The number of piperidine rings is 1. The minimum Gasteiger partial charge on any atom is -0.495 e. The van der Waals surface area contributed by atoms with E-state index >= 15 is 0 Å². The highest BCUT2D eigenvalue weighted by atomic mass is 35.5. The number of nitrogen functional groups attached to an aromatic ring is 1. The largest absolute Gasteiger partial charge is 0.495 e. The summed E-state index contributed by atoms with van der Waals surface area (Å²) in [5, 5.41) is 6.16. The molecule has 4 N–H and O–H groups in total. The van der Waals surface area contributed by atoms with Crippen molar-refractivity contribution in [3.8, 4) is 5.75 Å². The molecule has 2 aliphatic heterocycles. The summed E-state index contributed by atoms with van der Waals surface area (Å²) in [6.07, 6.45) is 4.99. The molecule has 2 aromatic carbocycles. The molecule has 0 spiro atoms. The summed E-state index contributed by atoms with van der Waals surface area (Å²) in [5.74, 6) is 0.658. The van der Waals surface area contributed by atoms with Gasteiger partial charge < -0.3 is 30.9 Å². The normalized spacial score (nSPS) is 16.3. The summed E-state index contributed by atoms with van der Waals surface area (Å²) in [4.78, 5) is 26.7. The van der Waals surface area contributed by atoms with Crippen molar-refractivity contribution in [3.05, 3.63) is 53.1 Å². The Labute approximate surface area is 257 Å². The number of hydrogen-bond donors (Lipinski definition) is 3. The average Bonchev–Trinajstić information content (AvgIpc) is 3.55. The first kappa shape index (κ1) is 30.8. The summed E-state index contributed by atoms with van der Waals surface area (Å²) in [5.41, 5.74) is 7.48. The van der Waals surface area contributed by atoms with Gasteiger partial charge in [0.15, 0.2) is 15.7 Å². The molecule has 5 rings (SSSR count). The molecule has 43 heavy (non-hydrogen) atoms. The smallest absolute Gasteiger partial charge is 0.253 e. The van der Waals surface area contributed by atoms with Gasteiger partial charge in [0.1, 0.15) is 16.6 Å². The Balaban J connectivity index is 1.32. The van der Waals surface area contributed by atoms with Crippen molar-refractivity contribution in [2.75, 3.05) is 55.4 Å². The van der Waals surface area contributed by atoms with Crippen LogP contribution in [0.25, 0.3) is 0 Å². The second-order valence-electron chi connectivity index (χ2n) is 10.8. The van der Waals surface area contributed by atoms with Crippen LogP contribution in [-0.4, -0.2) is 79.2 Å². The molecule has 0 radical (unpaired) electrons. The fourth-order valence-corrected chi connectivity index (χ4v) is 7.35. The first-order chi connectivity index (χ1) is 20.7. The lowest BCUT2D eigenvalue weighted by molar-refractivity contribution is 0.0644. The Morgan fingerprint density at radius 2 is 1.77 bits per heavy atom. The van der Waals surface area contributed by atoms with Gasteiger partial charge in [0.05, 0.1) is 29.1 Å². The van der Waals surface area contributed by atoms with Gasteiger partial charge in [0.2, 0.25) is 5.95 Å². The molecule has 3 aromatic rings. The Morgan fingerprint density at radius 3 is 2.47 bits per heavy atom. The van der Waals surface area contributed by atoms with Gasteiger partial charge in [-0.15, -0.1) is 0 Å². The number of sulfone groups is 1. The van der Waals surface area contributed by atoms with E-state index in [9.17, 15) is 13.2 Å². The fraction of sp³-hybridized carbons (Fsp3) is 0.433. The summed E-state index contributed by atoms with van der Waals surface area (Å²) in [6.45, 7) is 5.61.